The number of nitrogens with one attached hydrogen (secondary N) is 2. The van der Waals surface area contributed by atoms with Crippen LogP contribution in [0.15, 0.2) is 84.9 Å². The van der Waals surface area contributed by atoms with Crippen molar-refractivity contribution >= 4 is 17.5 Å². The maximum absolute atomic E-state index is 12.6. The molecule has 28 heavy (non-hydrogen) atoms. The Hall–Kier alpha value is -3.60. The molecule has 142 valence electrons. The fourth-order valence-electron chi connectivity index (χ4n) is 2.75. The van der Waals surface area contributed by atoms with Crippen LogP contribution in [-0.2, 0) is 4.79 Å². The third kappa shape index (κ3) is 5.20. The second-order valence-electron chi connectivity index (χ2n) is 6.30. The van der Waals surface area contributed by atoms with Crippen LogP contribution in [0.2, 0.25) is 0 Å². The topological polar surface area (TPSA) is 67.4 Å². The maximum Gasteiger partial charge on any atom is 0.259 e. The Bertz CT molecular complexity index is 927. The number of ether oxygens (including phenoxy) is 1. The predicted molar refractivity (Wildman–Crippen MR) is 109 cm³/mol. The molecule has 0 aliphatic rings. The maximum atomic E-state index is 12.6. The van der Waals surface area contributed by atoms with Gasteiger partial charge in [0.1, 0.15) is 5.75 Å². The summed E-state index contributed by atoms with van der Waals surface area (Å²) in [6.07, 6.45) is 0. The Morgan fingerprint density at radius 2 is 1.46 bits per heavy atom. The van der Waals surface area contributed by atoms with Crippen LogP contribution in [-0.4, -0.2) is 18.4 Å². The first-order valence-corrected chi connectivity index (χ1v) is 9.06. The number of hydrogen-bond donors (Lipinski definition) is 2. The van der Waals surface area contributed by atoms with E-state index >= 15 is 0 Å². The van der Waals surface area contributed by atoms with Gasteiger partial charge in [-0.25, -0.2) is 0 Å². The van der Waals surface area contributed by atoms with Crippen molar-refractivity contribution in [2.24, 2.45) is 0 Å². The minimum absolute atomic E-state index is 0.131. The Balaban J connectivity index is 1.60. The zero-order valence-electron chi connectivity index (χ0n) is 15.6. The fraction of sp³-hybridized carbons (Fsp3) is 0.130. The number of carbonyl (C=O) groups excluding carboxylic acids is 2. The lowest BCUT2D eigenvalue weighted by atomic mass is 10.1. The molecule has 0 aliphatic carbocycles. The van der Waals surface area contributed by atoms with Crippen molar-refractivity contribution in [2.45, 2.75) is 13.0 Å². The van der Waals surface area contributed by atoms with Gasteiger partial charge in [0.05, 0.1) is 11.6 Å². The highest BCUT2D eigenvalue weighted by molar-refractivity contribution is 6.06. The van der Waals surface area contributed by atoms with E-state index in [1.807, 2.05) is 55.5 Å². The highest BCUT2D eigenvalue weighted by Crippen LogP contribution is 2.20. The lowest BCUT2D eigenvalue weighted by molar-refractivity contribution is -0.123. The molecule has 3 aromatic carbocycles. The smallest absolute Gasteiger partial charge is 0.259 e. The van der Waals surface area contributed by atoms with Gasteiger partial charge in [-0.1, -0.05) is 60.7 Å². The van der Waals surface area contributed by atoms with Gasteiger partial charge in [-0.2, -0.15) is 0 Å². The second-order valence-corrected chi connectivity index (χ2v) is 6.30. The molecule has 2 N–H and O–H groups in total. The van der Waals surface area contributed by atoms with E-state index in [9.17, 15) is 9.59 Å². The Kier molecular flexibility index (Phi) is 6.41. The summed E-state index contributed by atoms with van der Waals surface area (Å²) >= 11 is 0. The van der Waals surface area contributed by atoms with E-state index in [0.29, 0.717) is 17.0 Å². The van der Waals surface area contributed by atoms with Crippen molar-refractivity contribution in [2.75, 3.05) is 11.9 Å². The number of benzene rings is 3. The number of anilines is 1. The molecule has 0 saturated heterocycles. The van der Waals surface area contributed by atoms with Gasteiger partial charge in [0.25, 0.3) is 11.8 Å². The molecule has 0 bridgehead atoms. The largest absolute Gasteiger partial charge is 0.483 e. The minimum Gasteiger partial charge on any atom is -0.483 e. The van der Waals surface area contributed by atoms with E-state index in [1.54, 1.807) is 36.4 Å². The molecule has 0 saturated carbocycles. The van der Waals surface area contributed by atoms with Crippen molar-refractivity contribution in [3.8, 4) is 5.75 Å². The Morgan fingerprint density at radius 1 is 0.857 bits per heavy atom. The monoisotopic (exact) mass is 374 g/mol. The number of carbonyl (C=O) groups is 2. The van der Waals surface area contributed by atoms with Crippen LogP contribution in [0.5, 0.6) is 5.75 Å². The van der Waals surface area contributed by atoms with Gasteiger partial charge < -0.3 is 15.4 Å². The Labute approximate surface area is 164 Å². The highest BCUT2D eigenvalue weighted by Gasteiger charge is 2.15. The number of amides is 2. The van der Waals surface area contributed by atoms with Crippen LogP contribution in [0, 0.1) is 0 Å². The zero-order chi connectivity index (χ0) is 19.8. The van der Waals surface area contributed by atoms with Crippen molar-refractivity contribution in [3.63, 3.8) is 0 Å². The molecule has 0 unspecified atom stereocenters. The molecule has 2 amide bonds. The fourth-order valence-corrected chi connectivity index (χ4v) is 2.75. The first-order valence-electron chi connectivity index (χ1n) is 9.06. The molecule has 0 aromatic heterocycles. The summed E-state index contributed by atoms with van der Waals surface area (Å²) in [5, 5.41) is 5.71. The molecule has 5 nitrogen and oxygen atoms in total. The number of rotatable bonds is 7. The first kappa shape index (κ1) is 19.2. The van der Waals surface area contributed by atoms with E-state index in [2.05, 4.69) is 10.6 Å². The quantitative estimate of drug-likeness (QED) is 0.651. The standard InChI is InChI=1S/C23H22N2O3/c1-17(18-10-4-2-5-11-18)24-22(26)16-28-21-15-9-8-14-20(21)23(27)25-19-12-6-3-7-13-19/h2-15,17H,16H2,1H3,(H,24,26)(H,25,27)/t17-/m0/s1. The summed E-state index contributed by atoms with van der Waals surface area (Å²) in [5.74, 6) is -0.187. The lowest BCUT2D eigenvalue weighted by Gasteiger charge is -2.15. The Morgan fingerprint density at radius 3 is 2.18 bits per heavy atom. The summed E-state index contributed by atoms with van der Waals surface area (Å²) in [6, 6.07) is 25.6. The van der Waals surface area contributed by atoms with Gasteiger partial charge in [0.15, 0.2) is 6.61 Å². The average Bonchev–Trinajstić information content (AvgIpc) is 2.74. The molecule has 0 radical (unpaired) electrons. The van der Waals surface area contributed by atoms with Crippen LogP contribution in [0.1, 0.15) is 28.9 Å². The van der Waals surface area contributed by atoms with Crippen LogP contribution >= 0.6 is 0 Å². The summed E-state index contributed by atoms with van der Waals surface area (Å²) in [7, 11) is 0. The average molecular weight is 374 g/mol. The van der Waals surface area contributed by atoms with Gasteiger partial charge in [0, 0.05) is 5.69 Å². The zero-order valence-corrected chi connectivity index (χ0v) is 15.6. The van der Waals surface area contributed by atoms with Crippen LogP contribution in [0.25, 0.3) is 0 Å². The molecule has 5 heteroatoms. The van der Waals surface area contributed by atoms with Crippen molar-refractivity contribution in [3.05, 3.63) is 96.1 Å². The molecular formula is C23H22N2O3. The van der Waals surface area contributed by atoms with Crippen molar-refractivity contribution in [1.82, 2.24) is 5.32 Å². The molecule has 0 fully saturated rings. The molecule has 3 rings (SSSR count). The first-order chi connectivity index (χ1) is 13.6. The van der Waals surface area contributed by atoms with Gasteiger partial charge in [-0.05, 0) is 36.8 Å². The van der Waals surface area contributed by atoms with Gasteiger partial charge in [0.2, 0.25) is 0 Å². The predicted octanol–water partition coefficient (Wildman–Crippen LogP) is 4.20. The highest BCUT2D eigenvalue weighted by atomic mass is 16.5. The van der Waals surface area contributed by atoms with Crippen LogP contribution < -0.4 is 15.4 Å². The molecule has 0 heterocycles. The van der Waals surface area contributed by atoms with Gasteiger partial charge >= 0.3 is 0 Å². The van der Waals surface area contributed by atoms with E-state index in [4.69, 9.17) is 4.74 Å². The summed E-state index contributed by atoms with van der Waals surface area (Å²) < 4.78 is 5.62. The summed E-state index contributed by atoms with van der Waals surface area (Å²) in [6.45, 7) is 1.74. The van der Waals surface area contributed by atoms with E-state index < -0.39 is 0 Å². The van der Waals surface area contributed by atoms with E-state index in [1.165, 1.54) is 0 Å². The van der Waals surface area contributed by atoms with Crippen molar-refractivity contribution in [1.29, 1.82) is 0 Å². The molecular weight excluding hydrogens is 352 g/mol. The van der Waals surface area contributed by atoms with Crippen molar-refractivity contribution < 1.29 is 14.3 Å². The van der Waals surface area contributed by atoms with E-state index in [0.717, 1.165) is 5.56 Å². The number of para-hydroxylation sites is 2. The SMILES string of the molecule is C[C@H](NC(=O)COc1ccccc1C(=O)Nc1ccccc1)c1ccccc1. The normalized spacial score (nSPS) is 11.3. The molecule has 0 spiro atoms. The van der Waals surface area contributed by atoms with Gasteiger partial charge in [-0.3, -0.25) is 9.59 Å². The molecule has 1 atom stereocenters. The van der Waals surface area contributed by atoms with Crippen LogP contribution in [0.3, 0.4) is 0 Å². The second kappa shape index (κ2) is 9.37. The van der Waals surface area contributed by atoms with Gasteiger partial charge in [-0.15, -0.1) is 0 Å². The number of hydrogen-bond acceptors (Lipinski definition) is 3. The summed E-state index contributed by atoms with van der Waals surface area (Å²) in [4.78, 5) is 24.8. The minimum atomic E-state index is -0.292. The van der Waals surface area contributed by atoms with E-state index in [-0.39, 0.29) is 24.5 Å². The summed E-state index contributed by atoms with van der Waals surface area (Å²) in [5.41, 5.74) is 2.07. The van der Waals surface area contributed by atoms with Crippen LogP contribution in [0.4, 0.5) is 5.69 Å². The third-order valence-electron chi connectivity index (χ3n) is 4.20. The lowest BCUT2D eigenvalue weighted by Crippen LogP contribution is -2.31. The molecule has 0 aliphatic heterocycles. The molecule has 3 aromatic rings. The third-order valence-corrected chi connectivity index (χ3v) is 4.20.